The van der Waals surface area contributed by atoms with Crippen LogP contribution in [0, 0.1) is 0 Å². The maximum absolute atomic E-state index is 4.49. The summed E-state index contributed by atoms with van der Waals surface area (Å²) in [7, 11) is 0. The van der Waals surface area contributed by atoms with E-state index in [1.54, 1.807) is 0 Å². The molecule has 0 fully saturated rings. The first-order valence-corrected chi connectivity index (χ1v) is 9.18. The topological polar surface area (TPSA) is 25.8 Å². The maximum Gasteiger partial charge on any atom is 0.0702 e. The molecule has 0 spiro atoms. The van der Waals surface area contributed by atoms with Gasteiger partial charge in [0.2, 0.25) is 0 Å². The van der Waals surface area contributed by atoms with Gasteiger partial charge in [-0.3, -0.25) is 9.97 Å². The van der Waals surface area contributed by atoms with Crippen LogP contribution in [-0.2, 0) is 5.41 Å². The van der Waals surface area contributed by atoms with Gasteiger partial charge in [-0.1, -0.05) is 62.4 Å². The summed E-state index contributed by atoms with van der Waals surface area (Å²) in [5.41, 5.74) is 6.68. The van der Waals surface area contributed by atoms with Crippen LogP contribution in [0.1, 0.15) is 25.0 Å². The summed E-state index contributed by atoms with van der Waals surface area (Å²) in [6.07, 6.45) is 3.67. The third-order valence-corrected chi connectivity index (χ3v) is 5.09. The molecule has 4 aromatic rings. The third-order valence-electron chi connectivity index (χ3n) is 5.09. The predicted octanol–water partition coefficient (Wildman–Crippen LogP) is 6.14. The molecule has 0 atom stereocenters. The zero-order valence-electron chi connectivity index (χ0n) is 15.6. The standard InChI is InChI=1S/C25H22N2/c1-25(2,21-11-7-9-19(17-21)23-13-3-5-15-26-23)22-12-8-10-20(18-22)24-14-4-6-16-27-24/h3-18H,1-2H3. The molecular formula is C25H22N2. The van der Waals surface area contributed by atoms with Gasteiger partial charge >= 0.3 is 0 Å². The molecule has 0 radical (unpaired) electrons. The molecule has 2 nitrogen and oxygen atoms in total. The molecule has 0 saturated heterocycles. The molecule has 0 aliphatic heterocycles. The van der Waals surface area contributed by atoms with Crippen molar-refractivity contribution in [3.8, 4) is 22.5 Å². The molecule has 2 heteroatoms. The molecule has 2 aromatic heterocycles. The van der Waals surface area contributed by atoms with Crippen LogP contribution in [0.3, 0.4) is 0 Å². The predicted molar refractivity (Wildman–Crippen MR) is 111 cm³/mol. The van der Waals surface area contributed by atoms with Gasteiger partial charge in [0.15, 0.2) is 0 Å². The van der Waals surface area contributed by atoms with Gasteiger partial charge in [0.05, 0.1) is 11.4 Å². The Bertz CT molecular complexity index is 953. The lowest BCUT2D eigenvalue weighted by Crippen LogP contribution is -2.19. The lowest BCUT2D eigenvalue weighted by molar-refractivity contribution is 0.641. The molecular weight excluding hydrogens is 328 g/mol. The molecule has 0 amide bonds. The Morgan fingerprint density at radius 1 is 0.556 bits per heavy atom. The zero-order chi connectivity index (χ0) is 18.7. The van der Waals surface area contributed by atoms with Crippen molar-refractivity contribution in [1.29, 1.82) is 0 Å². The van der Waals surface area contributed by atoms with Crippen LogP contribution in [0.5, 0.6) is 0 Å². The summed E-state index contributed by atoms with van der Waals surface area (Å²) >= 11 is 0. The first-order chi connectivity index (χ1) is 13.1. The van der Waals surface area contributed by atoms with E-state index < -0.39 is 0 Å². The number of hydrogen-bond acceptors (Lipinski definition) is 2. The molecule has 132 valence electrons. The van der Waals surface area contributed by atoms with Crippen LogP contribution in [0.2, 0.25) is 0 Å². The Morgan fingerprint density at radius 3 is 1.44 bits per heavy atom. The fraction of sp³-hybridized carbons (Fsp3) is 0.120. The maximum atomic E-state index is 4.49. The zero-order valence-corrected chi connectivity index (χ0v) is 15.6. The van der Waals surface area contributed by atoms with Crippen molar-refractivity contribution in [1.82, 2.24) is 9.97 Å². The van der Waals surface area contributed by atoms with E-state index in [9.17, 15) is 0 Å². The highest BCUT2D eigenvalue weighted by atomic mass is 14.7. The van der Waals surface area contributed by atoms with Gasteiger partial charge in [-0.25, -0.2) is 0 Å². The number of rotatable bonds is 4. The van der Waals surface area contributed by atoms with E-state index in [0.717, 1.165) is 22.5 Å². The Balaban J connectivity index is 1.74. The molecule has 0 bridgehead atoms. The summed E-state index contributed by atoms with van der Waals surface area (Å²) < 4.78 is 0. The van der Waals surface area contributed by atoms with Gasteiger partial charge in [0.1, 0.15) is 0 Å². The minimum atomic E-state index is -0.129. The van der Waals surface area contributed by atoms with Crippen LogP contribution >= 0.6 is 0 Å². The number of benzene rings is 2. The Morgan fingerprint density at radius 2 is 1.04 bits per heavy atom. The van der Waals surface area contributed by atoms with Crippen molar-refractivity contribution in [2.75, 3.05) is 0 Å². The van der Waals surface area contributed by atoms with Crippen LogP contribution in [0.15, 0.2) is 97.3 Å². The second-order valence-electron chi connectivity index (χ2n) is 7.22. The van der Waals surface area contributed by atoms with Crippen LogP contribution < -0.4 is 0 Å². The molecule has 0 aliphatic carbocycles. The minimum Gasteiger partial charge on any atom is -0.256 e. The monoisotopic (exact) mass is 350 g/mol. The van der Waals surface area contributed by atoms with Crippen LogP contribution in [0.25, 0.3) is 22.5 Å². The number of pyridine rings is 2. The van der Waals surface area contributed by atoms with Crippen molar-refractivity contribution in [2.24, 2.45) is 0 Å². The smallest absolute Gasteiger partial charge is 0.0702 e. The van der Waals surface area contributed by atoms with Crippen molar-refractivity contribution in [2.45, 2.75) is 19.3 Å². The van der Waals surface area contributed by atoms with Gasteiger partial charge in [-0.15, -0.1) is 0 Å². The molecule has 0 aliphatic rings. The minimum absolute atomic E-state index is 0.129. The number of nitrogens with zero attached hydrogens (tertiary/aromatic N) is 2. The second kappa shape index (κ2) is 7.16. The van der Waals surface area contributed by atoms with E-state index >= 15 is 0 Å². The van der Waals surface area contributed by atoms with Gasteiger partial charge in [0, 0.05) is 28.9 Å². The van der Waals surface area contributed by atoms with Gasteiger partial charge < -0.3 is 0 Å². The SMILES string of the molecule is CC(C)(c1cccc(-c2ccccn2)c1)c1cccc(-c2ccccn2)c1. The molecule has 0 N–H and O–H groups in total. The average molecular weight is 350 g/mol. The van der Waals surface area contributed by atoms with Crippen molar-refractivity contribution in [3.05, 3.63) is 108 Å². The molecule has 2 heterocycles. The average Bonchev–Trinajstić information content (AvgIpc) is 2.75. The van der Waals surface area contributed by atoms with E-state index in [1.807, 2.05) is 48.8 Å². The summed E-state index contributed by atoms with van der Waals surface area (Å²) in [5, 5.41) is 0. The molecule has 4 rings (SSSR count). The first kappa shape index (κ1) is 17.2. The Hall–Kier alpha value is -3.26. The van der Waals surface area contributed by atoms with Gasteiger partial charge in [-0.2, -0.15) is 0 Å². The van der Waals surface area contributed by atoms with Crippen molar-refractivity contribution < 1.29 is 0 Å². The highest BCUT2D eigenvalue weighted by Crippen LogP contribution is 2.35. The van der Waals surface area contributed by atoms with E-state index in [-0.39, 0.29) is 5.41 Å². The largest absolute Gasteiger partial charge is 0.256 e. The Kier molecular flexibility index (Phi) is 4.55. The fourth-order valence-corrected chi connectivity index (χ4v) is 3.37. The first-order valence-electron chi connectivity index (χ1n) is 9.18. The molecule has 0 saturated carbocycles. The highest BCUT2D eigenvalue weighted by molar-refractivity contribution is 5.63. The van der Waals surface area contributed by atoms with Crippen LogP contribution in [0.4, 0.5) is 0 Å². The number of aromatic nitrogens is 2. The molecule has 27 heavy (non-hydrogen) atoms. The number of hydrogen-bond donors (Lipinski definition) is 0. The lowest BCUT2D eigenvalue weighted by atomic mass is 9.77. The Labute approximate surface area is 160 Å². The van der Waals surface area contributed by atoms with Crippen LogP contribution in [-0.4, -0.2) is 9.97 Å². The molecule has 2 aromatic carbocycles. The summed E-state index contributed by atoms with van der Waals surface area (Å²) in [4.78, 5) is 8.98. The van der Waals surface area contributed by atoms with Crippen molar-refractivity contribution in [3.63, 3.8) is 0 Å². The normalized spacial score (nSPS) is 11.3. The lowest BCUT2D eigenvalue weighted by Gasteiger charge is -2.27. The van der Waals surface area contributed by atoms with Crippen molar-refractivity contribution >= 4 is 0 Å². The fourth-order valence-electron chi connectivity index (χ4n) is 3.37. The van der Waals surface area contributed by atoms with Gasteiger partial charge in [0.25, 0.3) is 0 Å². The summed E-state index contributed by atoms with van der Waals surface area (Å²) in [6, 6.07) is 29.4. The molecule has 0 unspecified atom stereocenters. The van der Waals surface area contributed by atoms with E-state index in [4.69, 9.17) is 0 Å². The summed E-state index contributed by atoms with van der Waals surface area (Å²) in [6.45, 7) is 4.53. The summed E-state index contributed by atoms with van der Waals surface area (Å²) in [5.74, 6) is 0. The van der Waals surface area contributed by atoms with E-state index in [0.29, 0.717) is 0 Å². The highest BCUT2D eigenvalue weighted by Gasteiger charge is 2.24. The van der Waals surface area contributed by atoms with E-state index in [2.05, 4.69) is 72.3 Å². The van der Waals surface area contributed by atoms with E-state index in [1.165, 1.54) is 11.1 Å². The quantitative estimate of drug-likeness (QED) is 0.442. The van der Waals surface area contributed by atoms with Gasteiger partial charge in [-0.05, 0) is 47.5 Å². The second-order valence-corrected chi connectivity index (χ2v) is 7.22. The third kappa shape index (κ3) is 3.52.